The molecule has 1 amide bonds. The summed E-state index contributed by atoms with van der Waals surface area (Å²) in [5, 5.41) is 8.80. The molecular formula is C15H19NO4. The minimum Gasteiger partial charge on any atom is -0.480 e. The van der Waals surface area contributed by atoms with E-state index in [1.807, 2.05) is 31.2 Å². The predicted octanol–water partition coefficient (Wildman–Crippen LogP) is 1.57. The normalized spacial score (nSPS) is 10.7. The van der Waals surface area contributed by atoms with Crippen LogP contribution in [0.1, 0.15) is 11.1 Å². The van der Waals surface area contributed by atoms with E-state index in [1.54, 1.807) is 6.08 Å². The van der Waals surface area contributed by atoms with Gasteiger partial charge < -0.3 is 14.7 Å². The zero-order valence-electron chi connectivity index (χ0n) is 11.7. The van der Waals surface area contributed by atoms with Crippen LogP contribution in [0, 0.1) is 6.92 Å². The van der Waals surface area contributed by atoms with Crippen molar-refractivity contribution in [3.8, 4) is 0 Å². The molecule has 108 valence electrons. The molecule has 0 heterocycles. The van der Waals surface area contributed by atoms with Gasteiger partial charge in [-0.25, -0.2) is 0 Å². The van der Waals surface area contributed by atoms with E-state index in [9.17, 15) is 9.59 Å². The highest BCUT2D eigenvalue weighted by Crippen LogP contribution is 2.09. The molecule has 0 aromatic heterocycles. The van der Waals surface area contributed by atoms with Crippen LogP contribution < -0.4 is 0 Å². The van der Waals surface area contributed by atoms with Crippen molar-refractivity contribution in [1.82, 2.24) is 4.90 Å². The molecule has 0 saturated heterocycles. The second kappa shape index (κ2) is 8.12. The van der Waals surface area contributed by atoms with Crippen molar-refractivity contribution in [2.45, 2.75) is 6.92 Å². The number of carbonyl (C=O) groups is 2. The smallest absolute Gasteiger partial charge is 0.323 e. The summed E-state index contributed by atoms with van der Waals surface area (Å²) in [4.78, 5) is 24.0. The Morgan fingerprint density at radius 2 is 2.05 bits per heavy atom. The Morgan fingerprint density at radius 3 is 2.65 bits per heavy atom. The molecule has 1 aromatic carbocycles. The summed E-state index contributed by atoms with van der Waals surface area (Å²) in [6, 6.07) is 7.65. The second-order valence-electron chi connectivity index (χ2n) is 4.34. The number of carboxylic acids is 1. The fraction of sp³-hybridized carbons (Fsp3) is 0.333. The molecule has 0 radical (unpaired) electrons. The molecule has 0 aliphatic heterocycles. The number of carboxylic acid groups (broad SMARTS) is 1. The first-order chi connectivity index (χ1) is 9.54. The molecule has 0 atom stereocenters. The third-order valence-corrected chi connectivity index (χ3v) is 2.80. The van der Waals surface area contributed by atoms with Crippen LogP contribution in [-0.4, -0.2) is 48.7 Å². The first kappa shape index (κ1) is 15.9. The average molecular weight is 277 g/mol. The molecular weight excluding hydrogens is 258 g/mol. The van der Waals surface area contributed by atoms with E-state index in [4.69, 9.17) is 9.84 Å². The Kier molecular flexibility index (Phi) is 6.46. The van der Waals surface area contributed by atoms with Crippen molar-refractivity contribution in [2.24, 2.45) is 0 Å². The quantitative estimate of drug-likeness (QED) is 0.768. The number of methoxy groups -OCH3 is 1. The van der Waals surface area contributed by atoms with Crippen LogP contribution in [0.2, 0.25) is 0 Å². The number of rotatable bonds is 7. The summed E-state index contributed by atoms with van der Waals surface area (Å²) in [7, 11) is 1.51. The van der Waals surface area contributed by atoms with E-state index in [2.05, 4.69) is 0 Å². The number of carbonyl (C=O) groups excluding carboxylic acids is 1. The van der Waals surface area contributed by atoms with Crippen LogP contribution in [-0.2, 0) is 14.3 Å². The molecule has 20 heavy (non-hydrogen) atoms. The van der Waals surface area contributed by atoms with E-state index in [0.717, 1.165) is 11.1 Å². The zero-order valence-corrected chi connectivity index (χ0v) is 11.7. The highest BCUT2D eigenvalue weighted by Gasteiger charge is 2.13. The van der Waals surface area contributed by atoms with Gasteiger partial charge in [-0.3, -0.25) is 9.59 Å². The lowest BCUT2D eigenvalue weighted by atomic mass is 10.1. The lowest BCUT2D eigenvalue weighted by Crippen LogP contribution is -2.36. The Morgan fingerprint density at radius 1 is 1.35 bits per heavy atom. The summed E-state index contributed by atoms with van der Waals surface area (Å²) < 4.78 is 4.88. The topological polar surface area (TPSA) is 66.8 Å². The number of aryl methyl sites for hydroxylation is 1. The largest absolute Gasteiger partial charge is 0.480 e. The fourth-order valence-corrected chi connectivity index (χ4v) is 1.67. The fourth-order valence-electron chi connectivity index (χ4n) is 1.67. The van der Waals surface area contributed by atoms with Gasteiger partial charge in [-0.2, -0.15) is 0 Å². The highest BCUT2D eigenvalue weighted by atomic mass is 16.5. The predicted molar refractivity (Wildman–Crippen MR) is 76.3 cm³/mol. The maximum Gasteiger partial charge on any atom is 0.323 e. The van der Waals surface area contributed by atoms with E-state index in [0.29, 0.717) is 6.61 Å². The lowest BCUT2D eigenvalue weighted by molar-refractivity contribution is -0.143. The summed E-state index contributed by atoms with van der Waals surface area (Å²) in [6.45, 7) is 2.17. The van der Waals surface area contributed by atoms with Gasteiger partial charge in [-0.05, 0) is 24.1 Å². The minimum absolute atomic E-state index is 0.250. The lowest BCUT2D eigenvalue weighted by Gasteiger charge is -2.18. The van der Waals surface area contributed by atoms with Crippen molar-refractivity contribution < 1.29 is 19.4 Å². The van der Waals surface area contributed by atoms with Crippen LogP contribution in [0.25, 0.3) is 6.08 Å². The summed E-state index contributed by atoms with van der Waals surface area (Å²) in [5.41, 5.74) is 1.99. The van der Waals surface area contributed by atoms with Gasteiger partial charge >= 0.3 is 5.97 Å². The molecule has 1 N–H and O–H groups in total. The van der Waals surface area contributed by atoms with Crippen molar-refractivity contribution in [3.05, 3.63) is 41.5 Å². The molecule has 1 rings (SSSR count). The Bertz CT molecular complexity index is 496. The van der Waals surface area contributed by atoms with Gasteiger partial charge in [-0.1, -0.05) is 24.3 Å². The molecule has 0 bridgehead atoms. The number of hydrogen-bond acceptors (Lipinski definition) is 3. The van der Waals surface area contributed by atoms with Crippen LogP contribution >= 0.6 is 0 Å². The standard InChI is InChI=1S/C15H19NO4/c1-12-5-3-4-6-13(12)7-8-14(17)16(9-10-20-2)11-15(18)19/h3-8H,9-11H2,1-2H3,(H,18,19). The average Bonchev–Trinajstić information content (AvgIpc) is 2.41. The first-order valence-corrected chi connectivity index (χ1v) is 6.28. The summed E-state index contributed by atoms with van der Waals surface area (Å²) in [6.07, 6.45) is 3.08. The third kappa shape index (κ3) is 5.24. The summed E-state index contributed by atoms with van der Waals surface area (Å²) in [5.74, 6) is -1.38. The van der Waals surface area contributed by atoms with Crippen LogP contribution in [0.15, 0.2) is 30.3 Å². The van der Waals surface area contributed by atoms with Crippen molar-refractivity contribution in [3.63, 3.8) is 0 Å². The molecule has 5 heteroatoms. The van der Waals surface area contributed by atoms with Gasteiger partial charge in [0.05, 0.1) is 6.61 Å². The summed E-state index contributed by atoms with van der Waals surface area (Å²) >= 11 is 0. The van der Waals surface area contributed by atoms with E-state index in [-0.39, 0.29) is 19.0 Å². The van der Waals surface area contributed by atoms with Crippen LogP contribution in [0.4, 0.5) is 0 Å². The monoisotopic (exact) mass is 277 g/mol. The number of ether oxygens (including phenoxy) is 1. The highest BCUT2D eigenvalue weighted by molar-refractivity contribution is 5.93. The van der Waals surface area contributed by atoms with E-state index >= 15 is 0 Å². The second-order valence-corrected chi connectivity index (χ2v) is 4.34. The number of benzene rings is 1. The van der Waals surface area contributed by atoms with Gasteiger partial charge in [0.1, 0.15) is 6.54 Å². The number of aliphatic carboxylic acids is 1. The van der Waals surface area contributed by atoms with Crippen LogP contribution in [0.3, 0.4) is 0 Å². The van der Waals surface area contributed by atoms with Crippen molar-refractivity contribution >= 4 is 18.0 Å². The van der Waals surface area contributed by atoms with Crippen LogP contribution in [0.5, 0.6) is 0 Å². The maximum absolute atomic E-state index is 12.0. The van der Waals surface area contributed by atoms with Gasteiger partial charge in [0.25, 0.3) is 0 Å². The number of hydrogen-bond donors (Lipinski definition) is 1. The van der Waals surface area contributed by atoms with Gasteiger partial charge in [-0.15, -0.1) is 0 Å². The maximum atomic E-state index is 12.0. The first-order valence-electron chi connectivity index (χ1n) is 6.28. The molecule has 1 aromatic rings. The van der Waals surface area contributed by atoms with Crippen molar-refractivity contribution in [1.29, 1.82) is 0 Å². The number of nitrogens with zero attached hydrogens (tertiary/aromatic N) is 1. The van der Waals surface area contributed by atoms with E-state index in [1.165, 1.54) is 18.1 Å². The molecule has 0 unspecified atom stereocenters. The molecule has 0 fully saturated rings. The Balaban J connectivity index is 2.74. The number of amides is 1. The van der Waals surface area contributed by atoms with Gasteiger partial charge in [0, 0.05) is 19.7 Å². The molecule has 0 aliphatic rings. The Hall–Kier alpha value is -2.14. The molecule has 0 spiro atoms. The Labute approximate surface area is 118 Å². The third-order valence-electron chi connectivity index (χ3n) is 2.80. The van der Waals surface area contributed by atoms with Crippen molar-refractivity contribution in [2.75, 3.05) is 26.8 Å². The SMILES string of the molecule is COCCN(CC(=O)O)C(=O)C=Cc1ccccc1C. The molecule has 0 saturated carbocycles. The van der Waals surface area contributed by atoms with E-state index < -0.39 is 5.97 Å². The van der Waals surface area contributed by atoms with Gasteiger partial charge in [0.2, 0.25) is 5.91 Å². The molecule has 5 nitrogen and oxygen atoms in total. The molecule has 0 aliphatic carbocycles. The van der Waals surface area contributed by atoms with Gasteiger partial charge in [0.15, 0.2) is 0 Å². The zero-order chi connectivity index (χ0) is 15.0. The minimum atomic E-state index is -1.04.